The Morgan fingerprint density at radius 3 is 0.782 bits per heavy atom. The maximum absolute atomic E-state index is 13.0. The topological polar surface area (TPSA) is 237 Å². The fourth-order valence-corrected chi connectivity index (χ4v) is 11.9. The van der Waals surface area contributed by atoms with Gasteiger partial charge in [0, 0.05) is 25.7 Å². The molecule has 0 fully saturated rings. The molecule has 2 unspecified atom stereocenters. The molecule has 0 saturated heterocycles. The van der Waals surface area contributed by atoms with Gasteiger partial charge >= 0.3 is 39.5 Å². The van der Waals surface area contributed by atoms with Gasteiger partial charge in [-0.1, -0.05) is 298 Å². The molecule has 3 N–H and O–H groups in total. The highest BCUT2D eigenvalue weighted by Crippen LogP contribution is 2.45. The molecule has 0 aromatic carbocycles. The van der Waals surface area contributed by atoms with Crippen LogP contribution in [0.1, 0.15) is 349 Å². The number of phosphoric acid groups is 2. The molecule has 0 aromatic rings. The molecule has 0 amide bonds. The molecule has 0 aromatic heterocycles. The molecule has 87 heavy (non-hydrogen) atoms. The van der Waals surface area contributed by atoms with Gasteiger partial charge in [-0.2, -0.15) is 0 Å². The van der Waals surface area contributed by atoms with Gasteiger partial charge in [-0.3, -0.25) is 37.3 Å². The molecule has 0 saturated carbocycles. The van der Waals surface area contributed by atoms with Crippen molar-refractivity contribution in [1.29, 1.82) is 0 Å². The Kier molecular flexibility index (Phi) is 60.2. The highest BCUT2D eigenvalue weighted by atomic mass is 31.2. The van der Waals surface area contributed by atoms with Crippen molar-refractivity contribution in [2.45, 2.75) is 368 Å². The van der Waals surface area contributed by atoms with Crippen LogP contribution < -0.4 is 0 Å². The summed E-state index contributed by atoms with van der Waals surface area (Å²) in [7, 11) is -9.88. The average Bonchev–Trinajstić information content (AvgIpc) is 3.70. The molecule has 17 nitrogen and oxygen atoms in total. The Labute approximate surface area is 530 Å². The van der Waals surface area contributed by atoms with Crippen molar-refractivity contribution < 1.29 is 80.2 Å². The second-order valence-electron chi connectivity index (χ2n) is 25.0. The highest BCUT2D eigenvalue weighted by molar-refractivity contribution is 7.47. The van der Waals surface area contributed by atoms with Gasteiger partial charge in [-0.15, -0.1) is 0 Å². The number of hydrogen-bond donors (Lipinski definition) is 3. The van der Waals surface area contributed by atoms with Crippen LogP contribution in [0.25, 0.3) is 0 Å². The Balaban J connectivity index is 5.14. The summed E-state index contributed by atoms with van der Waals surface area (Å²) in [5.41, 5.74) is 0. The maximum atomic E-state index is 13.0. The predicted octanol–water partition coefficient (Wildman–Crippen LogP) is 19.4. The van der Waals surface area contributed by atoms with Gasteiger partial charge in [0.25, 0.3) is 0 Å². The zero-order valence-electron chi connectivity index (χ0n) is 56.2. The van der Waals surface area contributed by atoms with Gasteiger partial charge in [0.15, 0.2) is 12.2 Å². The maximum Gasteiger partial charge on any atom is 0.472 e. The first-order valence-electron chi connectivity index (χ1n) is 35.6. The van der Waals surface area contributed by atoms with Crippen molar-refractivity contribution in [3.05, 3.63) is 0 Å². The number of rotatable bonds is 68. The molecule has 0 bridgehead atoms. The smallest absolute Gasteiger partial charge is 0.462 e. The fourth-order valence-electron chi connectivity index (χ4n) is 10.3. The summed E-state index contributed by atoms with van der Waals surface area (Å²) in [5, 5.41) is 10.5. The average molecular weight is 1280 g/mol. The molecule has 0 spiro atoms. The van der Waals surface area contributed by atoms with E-state index in [4.69, 9.17) is 37.0 Å². The lowest BCUT2D eigenvalue weighted by Gasteiger charge is -2.21. The standard InChI is InChI=1S/C68H132O17P2/c1-6-9-12-15-17-19-20-21-22-23-24-25-26-31-35-39-44-49-54-68(73)85-64(58-79-66(71)52-47-42-37-34-30-28-27-29-33-36-41-45-50-61(4)5)60-83-87(76,77)81-56-62(69)55-80-86(74,75)82-59-63(57-78-65(70)51-46-40-14-11-8-3)84-67(72)53-48-43-38-32-18-16-13-10-7-2/h61-64,69H,6-60H2,1-5H3,(H,74,75)(H,76,77)/t62-,63+,64+/m0/s1. The molecule has 516 valence electrons. The Morgan fingerprint density at radius 2 is 0.529 bits per heavy atom. The van der Waals surface area contributed by atoms with E-state index in [1.807, 2.05) is 0 Å². The van der Waals surface area contributed by atoms with Crippen LogP contribution in [0.15, 0.2) is 0 Å². The van der Waals surface area contributed by atoms with Crippen LogP contribution >= 0.6 is 15.6 Å². The number of aliphatic hydroxyl groups excluding tert-OH is 1. The summed E-state index contributed by atoms with van der Waals surface area (Å²) >= 11 is 0. The first-order valence-corrected chi connectivity index (χ1v) is 38.6. The van der Waals surface area contributed by atoms with Crippen LogP contribution in [0.5, 0.6) is 0 Å². The Hall–Kier alpha value is -1.94. The predicted molar refractivity (Wildman–Crippen MR) is 349 cm³/mol. The molecule has 5 atom stereocenters. The number of esters is 4. The first kappa shape index (κ1) is 85.1. The van der Waals surface area contributed by atoms with Gasteiger partial charge in [0.05, 0.1) is 26.4 Å². The lowest BCUT2D eigenvalue weighted by atomic mass is 10.0. The number of unbranched alkanes of at least 4 members (excludes halogenated alkanes) is 40. The van der Waals surface area contributed by atoms with E-state index in [-0.39, 0.29) is 25.7 Å². The quantitative estimate of drug-likeness (QED) is 0.0222. The third-order valence-electron chi connectivity index (χ3n) is 15.8. The number of phosphoric ester groups is 2. The molecule has 19 heteroatoms. The van der Waals surface area contributed by atoms with Gasteiger partial charge < -0.3 is 33.8 Å². The number of ether oxygens (including phenoxy) is 4. The van der Waals surface area contributed by atoms with E-state index < -0.39 is 97.5 Å². The Bertz CT molecular complexity index is 1690. The van der Waals surface area contributed by atoms with E-state index >= 15 is 0 Å². The number of aliphatic hydroxyl groups is 1. The molecular formula is C68H132O17P2. The van der Waals surface area contributed by atoms with Crippen LogP contribution in [-0.2, 0) is 65.4 Å². The van der Waals surface area contributed by atoms with Crippen LogP contribution in [0, 0.1) is 5.92 Å². The van der Waals surface area contributed by atoms with E-state index in [2.05, 4.69) is 34.6 Å². The van der Waals surface area contributed by atoms with Crippen LogP contribution in [0.4, 0.5) is 0 Å². The molecule has 0 aliphatic heterocycles. The third kappa shape index (κ3) is 62.6. The van der Waals surface area contributed by atoms with Crippen molar-refractivity contribution in [3.8, 4) is 0 Å². The molecule has 0 aliphatic rings. The van der Waals surface area contributed by atoms with E-state index in [1.165, 1.54) is 167 Å². The van der Waals surface area contributed by atoms with Crippen molar-refractivity contribution in [1.82, 2.24) is 0 Å². The monoisotopic (exact) mass is 1280 g/mol. The summed E-state index contributed by atoms with van der Waals surface area (Å²) in [6.45, 7) is 7.14. The summed E-state index contributed by atoms with van der Waals surface area (Å²) in [4.78, 5) is 72.1. The number of carbonyl (C=O) groups excluding carboxylic acids is 4. The van der Waals surface area contributed by atoms with Crippen LogP contribution in [0.3, 0.4) is 0 Å². The molecule has 0 radical (unpaired) electrons. The molecule has 0 heterocycles. The third-order valence-corrected chi connectivity index (χ3v) is 17.7. The zero-order chi connectivity index (χ0) is 64.2. The summed E-state index contributed by atoms with van der Waals surface area (Å²) in [6, 6.07) is 0. The van der Waals surface area contributed by atoms with Crippen molar-refractivity contribution in [2.75, 3.05) is 39.6 Å². The first-order chi connectivity index (χ1) is 42.0. The van der Waals surface area contributed by atoms with E-state index in [1.54, 1.807) is 0 Å². The minimum atomic E-state index is -4.95. The van der Waals surface area contributed by atoms with Crippen LogP contribution in [0.2, 0.25) is 0 Å². The van der Waals surface area contributed by atoms with E-state index in [0.29, 0.717) is 25.7 Å². The van der Waals surface area contributed by atoms with Gasteiger partial charge in [0.1, 0.15) is 19.3 Å². The fraction of sp³-hybridized carbons (Fsp3) is 0.941. The second-order valence-corrected chi connectivity index (χ2v) is 27.9. The van der Waals surface area contributed by atoms with Gasteiger partial charge in [0.2, 0.25) is 0 Å². The van der Waals surface area contributed by atoms with Crippen molar-refractivity contribution >= 4 is 39.5 Å². The molecule has 0 aliphatic carbocycles. The van der Waals surface area contributed by atoms with Crippen molar-refractivity contribution in [3.63, 3.8) is 0 Å². The zero-order valence-corrected chi connectivity index (χ0v) is 57.9. The summed E-state index contributed by atoms with van der Waals surface area (Å²) in [5.74, 6) is -1.36. The summed E-state index contributed by atoms with van der Waals surface area (Å²) < 4.78 is 67.9. The van der Waals surface area contributed by atoms with Crippen LogP contribution in [-0.4, -0.2) is 96.7 Å². The van der Waals surface area contributed by atoms with Gasteiger partial charge in [-0.05, 0) is 31.6 Å². The number of carbonyl (C=O) groups is 4. The van der Waals surface area contributed by atoms with Gasteiger partial charge in [-0.25, -0.2) is 9.13 Å². The minimum absolute atomic E-state index is 0.105. The molecule has 0 rings (SSSR count). The minimum Gasteiger partial charge on any atom is -0.462 e. The Morgan fingerprint density at radius 1 is 0.310 bits per heavy atom. The highest BCUT2D eigenvalue weighted by Gasteiger charge is 2.30. The molecular weight excluding hydrogens is 1150 g/mol. The number of hydrogen-bond acceptors (Lipinski definition) is 15. The van der Waals surface area contributed by atoms with E-state index in [9.17, 15) is 43.2 Å². The van der Waals surface area contributed by atoms with E-state index in [0.717, 1.165) is 102 Å². The summed E-state index contributed by atoms with van der Waals surface area (Å²) in [6.07, 6.45) is 47.6. The van der Waals surface area contributed by atoms with Crippen molar-refractivity contribution in [2.24, 2.45) is 5.92 Å². The lowest BCUT2D eigenvalue weighted by molar-refractivity contribution is -0.161. The lowest BCUT2D eigenvalue weighted by Crippen LogP contribution is -2.30. The second kappa shape index (κ2) is 61.6. The SMILES string of the molecule is CCCCCCCCCCCCCCCCCCCCC(=O)O[C@H](COC(=O)CCCCCCCCCCCCCCC(C)C)COP(=O)(O)OC[C@@H](O)COP(=O)(O)OC[C@@H](COC(=O)CCCCCCC)OC(=O)CCCCCCCCCCC. The normalized spacial score (nSPS) is 14.1. The largest absolute Gasteiger partial charge is 0.472 e.